The monoisotopic (exact) mass is 575 g/mol. The van der Waals surface area contributed by atoms with Gasteiger partial charge >= 0.3 is 0 Å². The lowest BCUT2D eigenvalue weighted by atomic mass is 9.80. The highest BCUT2D eigenvalue weighted by Crippen LogP contribution is 2.42. The van der Waals surface area contributed by atoms with Crippen LogP contribution in [0.2, 0.25) is 0 Å². The van der Waals surface area contributed by atoms with E-state index in [0.29, 0.717) is 31.1 Å². The standard InChI is InChI=1S/C27H37N5O5S2/c1-18-4-6-23(7-5-18)39(35,36)32-9-8-25-26(28-2)31(17-29-27(25)32)21-10-19(11-21)16-38(33,34)24-14-30(15-24)20-12-22(13-20)37-3/h4-9,17,19-22,24,26,28H,10-16H2,1-3H3/t19-,20?,21-,22?,26?. The molecule has 1 atom stereocenters. The Bertz CT molecular complexity index is 1450. The molecule has 4 aliphatic rings. The molecule has 10 nitrogen and oxygen atoms in total. The van der Waals surface area contributed by atoms with Gasteiger partial charge in [0, 0.05) is 44.0 Å². The number of fused-ring (bicyclic) bond motifs is 1. The number of sulfone groups is 1. The van der Waals surface area contributed by atoms with Gasteiger partial charge in [0.05, 0.1) is 28.3 Å². The second-order valence-corrected chi connectivity index (χ2v) is 15.6. The molecule has 2 aromatic rings. The lowest BCUT2D eigenvalue weighted by Gasteiger charge is -2.50. The molecular weight excluding hydrogens is 538 g/mol. The first-order valence-corrected chi connectivity index (χ1v) is 16.8. The first-order valence-electron chi connectivity index (χ1n) is 13.6. The lowest BCUT2D eigenvalue weighted by Crippen LogP contribution is -2.63. The molecule has 1 aromatic heterocycles. The number of nitrogens with zero attached hydrogens (tertiary/aromatic N) is 4. The number of likely N-dealkylation sites (tertiary alicyclic amines) is 1. The molecule has 1 unspecified atom stereocenters. The van der Waals surface area contributed by atoms with Crippen molar-refractivity contribution in [3.63, 3.8) is 0 Å². The summed E-state index contributed by atoms with van der Waals surface area (Å²) in [6.45, 7) is 3.20. The van der Waals surface area contributed by atoms with E-state index in [-0.39, 0.29) is 34.0 Å². The van der Waals surface area contributed by atoms with Gasteiger partial charge in [-0.05, 0) is 63.8 Å². The predicted octanol–water partition coefficient (Wildman–Crippen LogP) is 2.28. The van der Waals surface area contributed by atoms with Crippen molar-refractivity contribution in [2.75, 3.05) is 33.0 Å². The van der Waals surface area contributed by atoms with Gasteiger partial charge in [0.25, 0.3) is 10.0 Å². The molecule has 1 aromatic carbocycles. The maximum Gasteiger partial charge on any atom is 0.269 e. The summed E-state index contributed by atoms with van der Waals surface area (Å²) >= 11 is 0. The number of nitrogens with one attached hydrogen (secondary N) is 1. The Balaban J connectivity index is 1.07. The lowest BCUT2D eigenvalue weighted by molar-refractivity contribution is -0.0445. The Morgan fingerprint density at radius 2 is 1.69 bits per heavy atom. The average molecular weight is 576 g/mol. The first kappa shape index (κ1) is 26.9. The third kappa shape index (κ3) is 4.73. The molecule has 1 saturated heterocycles. The molecule has 1 N–H and O–H groups in total. The summed E-state index contributed by atoms with van der Waals surface area (Å²) in [6.07, 6.45) is 6.89. The molecule has 0 spiro atoms. The third-order valence-corrected chi connectivity index (χ3v) is 12.9. The summed E-state index contributed by atoms with van der Waals surface area (Å²) in [5.41, 5.74) is 1.77. The van der Waals surface area contributed by atoms with Crippen LogP contribution < -0.4 is 5.32 Å². The number of aryl methyl sites for hydroxylation is 1. The maximum atomic E-state index is 13.3. The molecule has 2 saturated carbocycles. The van der Waals surface area contributed by atoms with E-state index >= 15 is 0 Å². The van der Waals surface area contributed by atoms with E-state index in [2.05, 4.69) is 20.1 Å². The fourth-order valence-corrected chi connectivity index (χ4v) is 9.66. The number of rotatable bonds is 9. The Labute approximate surface area is 231 Å². The molecular formula is C27H37N5O5S2. The van der Waals surface area contributed by atoms with E-state index < -0.39 is 19.9 Å². The van der Waals surface area contributed by atoms with Gasteiger partial charge in [0.15, 0.2) is 15.7 Å². The van der Waals surface area contributed by atoms with E-state index in [0.717, 1.165) is 36.8 Å². The number of hydrogen-bond donors (Lipinski definition) is 1. The molecule has 0 radical (unpaired) electrons. The molecule has 2 aliphatic heterocycles. The Morgan fingerprint density at radius 3 is 2.33 bits per heavy atom. The highest BCUT2D eigenvalue weighted by Gasteiger charge is 2.47. The van der Waals surface area contributed by atoms with Crippen molar-refractivity contribution in [2.24, 2.45) is 10.9 Å². The van der Waals surface area contributed by atoms with Crippen LogP contribution in [0.1, 0.15) is 43.0 Å². The molecule has 0 bridgehead atoms. The molecule has 0 amide bonds. The number of aliphatic imine (C=N–C) groups is 1. The van der Waals surface area contributed by atoms with Gasteiger partial charge in [0.2, 0.25) is 0 Å². The van der Waals surface area contributed by atoms with Crippen LogP contribution in [-0.2, 0) is 24.6 Å². The smallest absolute Gasteiger partial charge is 0.269 e. The predicted molar refractivity (Wildman–Crippen MR) is 149 cm³/mol. The maximum absolute atomic E-state index is 13.3. The summed E-state index contributed by atoms with van der Waals surface area (Å²) in [5.74, 6) is 0.760. The molecule has 6 rings (SSSR count). The van der Waals surface area contributed by atoms with Crippen LogP contribution in [0.4, 0.5) is 5.82 Å². The number of benzene rings is 1. The zero-order valence-electron chi connectivity index (χ0n) is 22.6. The van der Waals surface area contributed by atoms with E-state index in [1.807, 2.05) is 14.0 Å². The fourth-order valence-electron chi connectivity index (χ4n) is 6.31. The van der Waals surface area contributed by atoms with E-state index in [4.69, 9.17) is 4.74 Å². The van der Waals surface area contributed by atoms with E-state index in [1.54, 1.807) is 50.0 Å². The average Bonchev–Trinajstić information content (AvgIpc) is 3.26. The van der Waals surface area contributed by atoms with Gasteiger partial charge in [-0.15, -0.1) is 0 Å². The minimum absolute atomic E-state index is 0.134. The highest BCUT2D eigenvalue weighted by molar-refractivity contribution is 7.92. The van der Waals surface area contributed by atoms with Crippen LogP contribution in [0, 0.1) is 12.8 Å². The van der Waals surface area contributed by atoms with Gasteiger partial charge in [-0.2, -0.15) is 0 Å². The van der Waals surface area contributed by atoms with Gasteiger partial charge in [-0.25, -0.2) is 25.8 Å². The summed E-state index contributed by atoms with van der Waals surface area (Å²) in [7, 11) is -3.34. The molecule has 212 valence electrons. The van der Waals surface area contributed by atoms with Gasteiger partial charge in [-0.3, -0.25) is 10.2 Å². The van der Waals surface area contributed by atoms with Crippen LogP contribution in [0.3, 0.4) is 0 Å². The van der Waals surface area contributed by atoms with Crippen LogP contribution in [0.5, 0.6) is 0 Å². The minimum atomic E-state index is -3.78. The van der Waals surface area contributed by atoms with E-state index in [1.165, 1.54) is 3.97 Å². The van der Waals surface area contributed by atoms with Gasteiger partial charge < -0.3 is 9.64 Å². The molecule has 3 fully saturated rings. The van der Waals surface area contributed by atoms with Crippen molar-refractivity contribution < 1.29 is 21.6 Å². The van der Waals surface area contributed by atoms with Crippen molar-refractivity contribution in [2.45, 2.75) is 67.1 Å². The van der Waals surface area contributed by atoms with Crippen LogP contribution in [0.25, 0.3) is 0 Å². The van der Waals surface area contributed by atoms with Crippen LogP contribution in [0.15, 0.2) is 46.4 Å². The minimum Gasteiger partial charge on any atom is -0.381 e. The summed E-state index contributed by atoms with van der Waals surface area (Å²) in [5, 5.41) is 3.05. The van der Waals surface area contributed by atoms with Gasteiger partial charge in [0.1, 0.15) is 6.17 Å². The van der Waals surface area contributed by atoms with Crippen molar-refractivity contribution in [3.8, 4) is 0 Å². The summed E-state index contributed by atoms with van der Waals surface area (Å²) < 4.78 is 59.3. The van der Waals surface area contributed by atoms with Crippen molar-refractivity contribution in [1.82, 2.24) is 19.1 Å². The number of hydrogen-bond acceptors (Lipinski definition) is 9. The molecule has 3 heterocycles. The Hall–Kier alpha value is -2.25. The molecule has 2 aliphatic carbocycles. The Kier molecular flexibility index (Phi) is 6.90. The normalized spacial score (nSPS) is 29.4. The van der Waals surface area contributed by atoms with Crippen molar-refractivity contribution in [1.29, 1.82) is 0 Å². The fraction of sp³-hybridized carbons (Fsp3) is 0.593. The highest BCUT2D eigenvalue weighted by atomic mass is 32.2. The first-order chi connectivity index (χ1) is 18.6. The SMILES string of the molecule is CNC1c2ccn(S(=O)(=O)c3ccc(C)cc3)c2N=CN1[C@H]1C[C@H](CS(=O)(=O)C2CN(C3CC(OC)C3)C2)C1. The van der Waals surface area contributed by atoms with E-state index in [9.17, 15) is 16.8 Å². The van der Waals surface area contributed by atoms with Crippen molar-refractivity contribution in [3.05, 3.63) is 47.7 Å². The van der Waals surface area contributed by atoms with Crippen LogP contribution >= 0.6 is 0 Å². The summed E-state index contributed by atoms with van der Waals surface area (Å²) in [6, 6.07) is 9.20. The number of ether oxygens (including phenoxy) is 1. The summed E-state index contributed by atoms with van der Waals surface area (Å²) in [4.78, 5) is 9.16. The zero-order chi connectivity index (χ0) is 27.5. The second-order valence-electron chi connectivity index (χ2n) is 11.5. The largest absolute Gasteiger partial charge is 0.381 e. The zero-order valence-corrected chi connectivity index (χ0v) is 24.2. The number of aromatic nitrogens is 1. The van der Waals surface area contributed by atoms with Crippen LogP contribution in [-0.4, -0.2) is 93.4 Å². The Morgan fingerprint density at radius 1 is 1.00 bits per heavy atom. The number of methoxy groups -OCH3 is 1. The topological polar surface area (TPSA) is 113 Å². The quantitative estimate of drug-likeness (QED) is 0.485. The second kappa shape index (κ2) is 9.99. The molecule has 12 heteroatoms. The van der Waals surface area contributed by atoms with Crippen molar-refractivity contribution >= 4 is 32.0 Å². The molecule has 39 heavy (non-hydrogen) atoms. The third-order valence-electron chi connectivity index (χ3n) is 9.02. The van der Waals surface area contributed by atoms with Gasteiger partial charge in [-0.1, -0.05) is 17.7 Å².